The third-order valence-corrected chi connectivity index (χ3v) is 5.31. The number of hydrogen-bond acceptors (Lipinski definition) is 7. The lowest BCUT2D eigenvalue weighted by Crippen LogP contribution is -2.15. The Labute approximate surface area is 211 Å². The highest BCUT2D eigenvalue weighted by molar-refractivity contribution is 6.03. The van der Waals surface area contributed by atoms with Crippen LogP contribution in [0, 0.1) is 17.0 Å². The van der Waals surface area contributed by atoms with E-state index in [-0.39, 0.29) is 34.2 Å². The maximum absolute atomic E-state index is 13.8. The number of non-ortho nitro benzene ring substituents is 1. The molecule has 1 amide bonds. The van der Waals surface area contributed by atoms with Crippen molar-refractivity contribution in [1.29, 1.82) is 0 Å². The molecule has 0 aliphatic heterocycles. The molecule has 0 saturated carbocycles. The third kappa shape index (κ3) is 5.02. The van der Waals surface area contributed by atoms with Gasteiger partial charge in [0.05, 0.1) is 22.9 Å². The van der Waals surface area contributed by atoms with Crippen molar-refractivity contribution in [3.63, 3.8) is 0 Å². The van der Waals surface area contributed by atoms with Crippen molar-refractivity contribution in [2.45, 2.75) is 13.1 Å². The molecule has 3 aromatic heterocycles. The van der Waals surface area contributed by atoms with Crippen molar-refractivity contribution in [2.24, 2.45) is 0 Å². The third-order valence-electron chi connectivity index (χ3n) is 5.31. The van der Waals surface area contributed by atoms with Gasteiger partial charge >= 0.3 is 6.18 Å². The lowest BCUT2D eigenvalue weighted by molar-refractivity contribution is -0.384. The molecule has 10 nitrogen and oxygen atoms in total. The number of carbonyl (C=O) groups excluding carboxylic acids is 1. The molecule has 0 fully saturated rings. The lowest BCUT2D eigenvalue weighted by atomic mass is 10.2. The number of furan rings is 1. The Morgan fingerprint density at radius 3 is 2.58 bits per heavy atom. The number of nitrogens with one attached hydrogen (secondary N) is 1. The minimum Gasteiger partial charge on any atom is -0.463 e. The monoisotopic (exact) mass is 523 g/mol. The van der Waals surface area contributed by atoms with Gasteiger partial charge in [-0.2, -0.15) is 18.3 Å². The molecule has 192 valence electrons. The molecule has 0 atom stereocenters. The van der Waals surface area contributed by atoms with Crippen LogP contribution in [0.15, 0.2) is 77.4 Å². The number of anilines is 1. The second-order valence-corrected chi connectivity index (χ2v) is 8.15. The fourth-order valence-electron chi connectivity index (χ4n) is 3.67. The van der Waals surface area contributed by atoms with E-state index in [1.54, 1.807) is 18.2 Å². The molecule has 0 saturated heterocycles. The summed E-state index contributed by atoms with van der Waals surface area (Å²) in [6.45, 7) is 1.84. The van der Waals surface area contributed by atoms with Crippen LogP contribution < -0.4 is 10.1 Å². The number of nitro benzene ring substituents is 1. The number of benzene rings is 2. The summed E-state index contributed by atoms with van der Waals surface area (Å²) in [6.07, 6.45) is -3.52. The van der Waals surface area contributed by atoms with Crippen molar-refractivity contribution in [2.75, 3.05) is 5.32 Å². The van der Waals surface area contributed by atoms with E-state index in [1.807, 2.05) is 13.0 Å². The number of aromatic nitrogens is 3. The largest absolute Gasteiger partial charge is 0.463 e. The number of ether oxygens (including phenoxy) is 1. The van der Waals surface area contributed by atoms with Gasteiger partial charge in [-0.1, -0.05) is 12.1 Å². The molecule has 1 N–H and O–H groups in total. The van der Waals surface area contributed by atoms with E-state index in [0.717, 1.165) is 23.8 Å². The van der Waals surface area contributed by atoms with Gasteiger partial charge < -0.3 is 14.5 Å². The molecule has 0 radical (unpaired) electrons. The Morgan fingerprint density at radius 2 is 1.89 bits per heavy atom. The summed E-state index contributed by atoms with van der Waals surface area (Å²) in [5.74, 6) is -0.325. The molecule has 0 bridgehead atoms. The van der Waals surface area contributed by atoms with E-state index in [1.165, 1.54) is 30.5 Å². The van der Waals surface area contributed by atoms with E-state index in [9.17, 15) is 28.1 Å². The zero-order valence-corrected chi connectivity index (χ0v) is 19.4. The topological polar surface area (TPSA) is 125 Å². The van der Waals surface area contributed by atoms with E-state index in [2.05, 4.69) is 15.4 Å². The number of halogens is 3. The van der Waals surface area contributed by atoms with Crippen LogP contribution in [-0.4, -0.2) is 25.4 Å². The van der Waals surface area contributed by atoms with Gasteiger partial charge in [0.15, 0.2) is 22.8 Å². The van der Waals surface area contributed by atoms with Gasteiger partial charge in [-0.05, 0) is 42.8 Å². The highest BCUT2D eigenvalue weighted by atomic mass is 19.4. The quantitative estimate of drug-likeness (QED) is 0.205. The van der Waals surface area contributed by atoms with Crippen LogP contribution in [0.3, 0.4) is 0 Å². The average Bonchev–Trinajstić information content (AvgIpc) is 3.53. The summed E-state index contributed by atoms with van der Waals surface area (Å²) in [5.41, 5.74) is -1.41. The molecule has 2 aromatic carbocycles. The smallest absolute Gasteiger partial charge is 0.433 e. The van der Waals surface area contributed by atoms with Crippen molar-refractivity contribution in [3.8, 4) is 23.0 Å². The first-order valence-corrected chi connectivity index (χ1v) is 10.9. The molecular weight excluding hydrogens is 507 g/mol. The first kappa shape index (κ1) is 24.5. The Bertz CT molecular complexity index is 1680. The predicted molar refractivity (Wildman–Crippen MR) is 128 cm³/mol. The molecule has 0 unspecified atom stereocenters. The summed E-state index contributed by atoms with van der Waals surface area (Å²) in [7, 11) is 0. The minimum absolute atomic E-state index is 0.0239. The SMILES string of the molecule is Cc1cccc(Oc2cc(NC(=O)c3cc4nc(-c5ccco5)cc(C(F)(F)F)n4n3)cc([N+](=O)[O-])c2)c1. The minimum atomic E-state index is -4.82. The van der Waals surface area contributed by atoms with Gasteiger partial charge in [-0.3, -0.25) is 14.9 Å². The number of alkyl halides is 3. The highest BCUT2D eigenvalue weighted by Gasteiger charge is 2.36. The number of fused-ring (bicyclic) bond motifs is 1. The Morgan fingerprint density at radius 1 is 1.08 bits per heavy atom. The van der Waals surface area contributed by atoms with Crippen LogP contribution in [0.1, 0.15) is 21.7 Å². The fraction of sp³-hybridized carbons (Fsp3) is 0.0800. The molecule has 13 heteroatoms. The summed E-state index contributed by atoms with van der Waals surface area (Å²) >= 11 is 0. The maximum atomic E-state index is 13.8. The van der Waals surface area contributed by atoms with Gasteiger partial charge in [0.25, 0.3) is 11.6 Å². The number of nitro groups is 1. The molecule has 3 heterocycles. The van der Waals surface area contributed by atoms with Gasteiger partial charge in [-0.15, -0.1) is 0 Å². The van der Waals surface area contributed by atoms with Crippen molar-refractivity contribution in [3.05, 3.63) is 100 Å². The van der Waals surface area contributed by atoms with E-state index >= 15 is 0 Å². The highest BCUT2D eigenvalue weighted by Crippen LogP contribution is 2.33. The van der Waals surface area contributed by atoms with Crippen molar-refractivity contribution >= 4 is 22.9 Å². The molecular formula is C25H16F3N5O5. The molecule has 0 aliphatic carbocycles. The molecule has 5 rings (SSSR count). The standard InChI is InChI=1S/C25H16F3N5O5/c1-14-4-2-5-17(8-14)38-18-10-15(9-16(11-18)33(35)36)29-24(34)20-13-23-30-19(21-6-3-7-37-21)12-22(25(26,27)28)32(23)31-20/h2-13H,1H3,(H,29,34). The first-order chi connectivity index (χ1) is 18.1. The van der Waals surface area contributed by atoms with Gasteiger partial charge in [-0.25, -0.2) is 9.50 Å². The lowest BCUT2D eigenvalue weighted by Gasteiger charge is -2.10. The zero-order chi connectivity index (χ0) is 27.0. The van der Waals surface area contributed by atoms with E-state index < -0.39 is 28.4 Å². The van der Waals surface area contributed by atoms with Crippen LogP contribution >= 0.6 is 0 Å². The summed E-state index contributed by atoms with van der Waals surface area (Å²) in [5, 5.41) is 17.7. The molecule has 5 aromatic rings. The van der Waals surface area contributed by atoms with Gasteiger partial charge in [0.1, 0.15) is 17.2 Å². The Balaban J connectivity index is 1.49. The predicted octanol–water partition coefficient (Wildman–Crippen LogP) is 6.27. The second-order valence-electron chi connectivity index (χ2n) is 8.15. The maximum Gasteiger partial charge on any atom is 0.433 e. The Hall–Kier alpha value is -5.20. The summed E-state index contributed by atoms with van der Waals surface area (Å²) in [4.78, 5) is 27.8. The summed E-state index contributed by atoms with van der Waals surface area (Å²) < 4.78 is 52.7. The average molecular weight is 523 g/mol. The van der Waals surface area contributed by atoms with Gasteiger partial charge in [0.2, 0.25) is 0 Å². The number of carbonyl (C=O) groups is 1. The number of amides is 1. The number of hydrogen-bond donors (Lipinski definition) is 1. The normalized spacial score (nSPS) is 11.5. The van der Waals surface area contributed by atoms with Crippen LogP contribution in [0.5, 0.6) is 11.5 Å². The van der Waals surface area contributed by atoms with Crippen molar-refractivity contribution < 1.29 is 32.0 Å². The number of aryl methyl sites for hydroxylation is 1. The first-order valence-electron chi connectivity index (χ1n) is 10.9. The Kier molecular flexibility index (Phi) is 6.03. The van der Waals surface area contributed by atoms with Crippen LogP contribution in [0.2, 0.25) is 0 Å². The summed E-state index contributed by atoms with van der Waals surface area (Å²) in [6, 6.07) is 15.3. The van der Waals surface area contributed by atoms with Gasteiger partial charge in [0, 0.05) is 18.2 Å². The molecule has 0 aliphatic rings. The van der Waals surface area contributed by atoms with Crippen molar-refractivity contribution in [1.82, 2.24) is 14.6 Å². The zero-order valence-electron chi connectivity index (χ0n) is 19.4. The van der Waals surface area contributed by atoms with Crippen LogP contribution in [0.25, 0.3) is 17.1 Å². The fourth-order valence-corrected chi connectivity index (χ4v) is 3.67. The van der Waals surface area contributed by atoms with Crippen LogP contribution in [-0.2, 0) is 6.18 Å². The number of rotatable bonds is 6. The second kappa shape index (κ2) is 9.35. The van der Waals surface area contributed by atoms with E-state index in [4.69, 9.17) is 9.15 Å². The van der Waals surface area contributed by atoms with Crippen LogP contribution in [0.4, 0.5) is 24.5 Å². The number of nitrogens with zero attached hydrogens (tertiary/aromatic N) is 4. The molecule has 38 heavy (non-hydrogen) atoms. The molecule has 0 spiro atoms. The van der Waals surface area contributed by atoms with E-state index in [0.29, 0.717) is 10.3 Å².